The molecule has 1 atom stereocenters. The third-order valence-corrected chi connectivity index (χ3v) is 3.16. The molecule has 0 N–H and O–H groups in total. The minimum atomic E-state index is -0.325. The second-order valence-electron chi connectivity index (χ2n) is 5.33. The zero-order valence-electron chi connectivity index (χ0n) is 12.7. The molecule has 0 saturated carbocycles. The van der Waals surface area contributed by atoms with Crippen molar-refractivity contribution in [2.24, 2.45) is 0 Å². The van der Waals surface area contributed by atoms with Gasteiger partial charge in [0.2, 0.25) is 0 Å². The normalized spacial score (nSPS) is 11.9. The number of hydrogen-bond donors (Lipinski definition) is 0. The topological polar surface area (TPSA) is 26.3 Å². The van der Waals surface area contributed by atoms with Crippen molar-refractivity contribution in [2.45, 2.75) is 77.7 Å². The van der Waals surface area contributed by atoms with E-state index in [0.29, 0.717) is 0 Å². The van der Waals surface area contributed by atoms with Crippen LogP contribution in [0.4, 0.5) is 0 Å². The van der Waals surface area contributed by atoms with Crippen molar-refractivity contribution in [1.82, 2.24) is 0 Å². The molecule has 0 saturated heterocycles. The Morgan fingerprint density at radius 2 is 1.74 bits per heavy atom. The zero-order valence-corrected chi connectivity index (χ0v) is 12.7. The van der Waals surface area contributed by atoms with Crippen LogP contribution in [0.15, 0.2) is 24.8 Å². The van der Waals surface area contributed by atoms with Crippen molar-refractivity contribution in [3.63, 3.8) is 0 Å². The van der Waals surface area contributed by atoms with E-state index in [9.17, 15) is 4.79 Å². The first-order valence-electron chi connectivity index (χ1n) is 7.57. The Morgan fingerprint density at radius 3 is 2.26 bits per heavy atom. The van der Waals surface area contributed by atoms with Gasteiger partial charge in [-0.05, 0) is 19.8 Å². The first-order chi connectivity index (χ1) is 9.10. The van der Waals surface area contributed by atoms with E-state index in [1.807, 2.05) is 6.92 Å². The minimum absolute atomic E-state index is 0.0290. The lowest BCUT2D eigenvalue weighted by atomic mass is 10.0. The standard InChI is InChI=1S/C17H30O2/c1-5-7-8-9-10-11-12-13-16(14-15(3)4)19-17(18)6-2/h6,16H,2-3,5,7-14H2,1,4H3. The van der Waals surface area contributed by atoms with E-state index in [1.54, 1.807) is 0 Å². The second kappa shape index (κ2) is 12.0. The number of unbranched alkanes of at least 4 members (excludes halogenated alkanes) is 6. The summed E-state index contributed by atoms with van der Waals surface area (Å²) >= 11 is 0. The summed E-state index contributed by atoms with van der Waals surface area (Å²) in [5.41, 5.74) is 1.06. The summed E-state index contributed by atoms with van der Waals surface area (Å²) in [5, 5.41) is 0. The van der Waals surface area contributed by atoms with Gasteiger partial charge in [-0.25, -0.2) is 4.79 Å². The van der Waals surface area contributed by atoms with E-state index in [4.69, 9.17) is 4.74 Å². The third-order valence-electron chi connectivity index (χ3n) is 3.16. The van der Waals surface area contributed by atoms with Crippen LogP contribution >= 0.6 is 0 Å². The van der Waals surface area contributed by atoms with Gasteiger partial charge >= 0.3 is 5.97 Å². The summed E-state index contributed by atoms with van der Waals surface area (Å²) in [6.07, 6.45) is 11.8. The van der Waals surface area contributed by atoms with Crippen molar-refractivity contribution in [1.29, 1.82) is 0 Å². The molecule has 0 aliphatic heterocycles. The number of hydrogen-bond acceptors (Lipinski definition) is 2. The highest BCUT2D eigenvalue weighted by molar-refractivity contribution is 5.81. The van der Waals surface area contributed by atoms with Crippen LogP contribution in [-0.2, 0) is 9.53 Å². The third kappa shape index (κ3) is 11.8. The predicted octanol–water partition coefficient (Wildman–Crippen LogP) is 5.19. The van der Waals surface area contributed by atoms with Gasteiger partial charge in [0, 0.05) is 12.5 Å². The summed E-state index contributed by atoms with van der Waals surface area (Å²) in [6, 6.07) is 0. The number of carbonyl (C=O) groups is 1. The molecule has 0 fully saturated rings. The van der Waals surface area contributed by atoms with Crippen molar-refractivity contribution < 1.29 is 9.53 Å². The van der Waals surface area contributed by atoms with Crippen LogP contribution < -0.4 is 0 Å². The summed E-state index contributed by atoms with van der Waals surface area (Å²) in [6.45, 7) is 11.5. The average molecular weight is 266 g/mol. The molecule has 0 bridgehead atoms. The van der Waals surface area contributed by atoms with Gasteiger partial charge in [0.15, 0.2) is 0 Å². The van der Waals surface area contributed by atoms with Gasteiger partial charge in [0.25, 0.3) is 0 Å². The predicted molar refractivity (Wildman–Crippen MR) is 82.1 cm³/mol. The maximum Gasteiger partial charge on any atom is 0.330 e. The molecular formula is C17H30O2. The molecule has 0 spiro atoms. The molecule has 2 heteroatoms. The van der Waals surface area contributed by atoms with Crippen LogP contribution in [0.1, 0.15) is 71.6 Å². The van der Waals surface area contributed by atoms with Gasteiger partial charge in [-0.3, -0.25) is 0 Å². The molecule has 0 aromatic heterocycles. The van der Waals surface area contributed by atoms with Crippen molar-refractivity contribution in [3.8, 4) is 0 Å². The quantitative estimate of drug-likeness (QED) is 0.210. The van der Waals surface area contributed by atoms with Crippen LogP contribution in [0.3, 0.4) is 0 Å². The van der Waals surface area contributed by atoms with E-state index in [0.717, 1.165) is 24.8 Å². The highest BCUT2D eigenvalue weighted by atomic mass is 16.5. The fourth-order valence-electron chi connectivity index (χ4n) is 2.13. The van der Waals surface area contributed by atoms with Crippen molar-refractivity contribution in [3.05, 3.63) is 24.8 Å². The number of rotatable bonds is 12. The van der Waals surface area contributed by atoms with Crippen LogP contribution in [0.2, 0.25) is 0 Å². The molecule has 110 valence electrons. The Kier molecular flexibility index (Phi) is 11.3. The van der Waals surface area contributed by atoms with Crippen molar-refractivity contribution in [2.75, 3.05) is 0 Å². The van der Waals surface area contributed by atoms with E-state index < -0.39 is 0 Å². The molecular weight excluding hydrogens is 236 g/mol. The maximum absolute atomic E-state index is 11.2. The van der Waals surface area contributed by atoms with Crippen molar-refractivity contribution >= 4 is 5.97 Å². The first kappa shape index (κ1) is 17.9. The van der Waals surface area contributed by atoms with Crippen LogP contribution in [-0.4, -0.2) is 12.1 Å². The molecule has 0 heterocycles. The van der Waals surface area contributed by atoms with Gasteiger partial charge in [-0.1, -0.05) is 57.6 Å². The lowest BCUT2D eigenvalue weighted by Crippen LogP contribution is -2.17. The fraction of sp³-hybridized carbons (Fsp3) is 0.706. The lowest BCUT2D eigenvalue weighted by Gasteiger charge is -2.17. The summed E-state index contributed by atoms with van der Waals surface area (Å²) in [5.74, 6) is -0.325. The molecule has 0 radical (unpaired) electrons. The number of esters is 1. The van der Waals surface area contributed by atoms with E-state index >= 15 is 0 Å². The average Bonchev–Trinajstić information content (AvgIpc) is 2.36. The highest BCUT2D eigenvalue weighted by Crippen LogP contribution is 2.16. The van der Waals surface area contributed by atoms with E-state index in [-0.39, 0.29) is 12.1 Å². The number of carbonyl (C=O) groups excluding carboxylic acids is 1. The summed E-state index contributed by atoms with van der Waals surface area (Å²) in [4.78, 5) is 11.2. The molecule has 0 aliphatic carbocycles. The van der Waals surface area contributed by atoms with Crippen LogP contribution in [0, 0.1) is 0 Å². The molecule has 0 amide bonds. The van der Waals surface area contributed by atoms with E-state index in [2.05, 4.69) is 20.1 Å². The lowest BCUT2D eigenvalue weighted by molar-refractivity contribution is -0.143. The maximum atomic E-state index is 11.2. The Hall–Kier alpha value is -1.05. The molecule has 0 aliphatic rings. The molecule has 0 aromatic rings. The van der Waals surface area contributed by atoms with Crippen LogP contribution in [0.25, 0.3) is 0 Å². The Labute approximate surface area is 118 Å². The van der Waals surface area contributed by atoms with Gasteiger partial charge < -0.3 is 4.74 Å². The minimum Gasteiger partial charge on any atom is -0.459 e. The van der Waals surface area contributed by atoms with Crippen LogP contribution in [0.5, 0.6) is 0 Å². The molecule has 2 nitrogen and oxygen atoms in total. The number of ether oxygens (including phenoxy) is 1. The zero-order chi connectivity index (χ0) is 14.5. The molecule has 0 aromatic carbocycles. The Balaban J connectivity index is 3.76. The highest BCUT2D eigenvalue weighted by Gasteiger charge is 2.12. The Bertz CT molecular complexity index is 268. The summed E-state index contributed by atoms with van der Waals surface area (Å²) in [7, 11) is 0. The second-order valence-corrected chi connectivity index (χ2v) is 5.33. The van der Waals surface area contributed by atoms with Gasteiger partial charge in [0.1, 0.15) is 6.10 Å². The molecule has 0 rings (SSSR count). The largest absolute Gasteiger partial charge is 0.459 e. The molecule has 19 heavy (non-hydrogen) atoms. The van der Waals surface area contributed by atoms with Gasteiger partial charge in [-0.15, -0.1) is 6.58 Å². The fourth-order valence-corrected chi connectivity index (χ4v) is 2.13. The smallest absolute Gasteiger partial charge is 0.330 e. The first-order valence-corrected chi connectivity index (χ1v) is 7.57. The van der Waals surface area contributed by atoms with E-state index in [1.165, 1.54) is 44.6 Å². The monoisotopic (exact) mass is 266 g/mol. The Morgan fingerprint density at radius 1 is 1.16 bits per heavy atom. The summed E-state index contributed by atoms with van der Waals surface area (Å²) < 4.78 is 5.34. The molecule has 1 unspecified atom stereocenters. The van der Waals surface area contributed by atoms with Gasteiger partial charge in [-0.2, -0.15) is 0 Å². The SMILES string of the molecule is C=CC(=O)OC(CCCCCCCCC)CC(=C)C. The van der Waals surface area contributed by atoms with Gasteiger partial charge in [0.05, 0.1) is 0 Å².